The van der Waals surface area contributed by atoms with Gasteiger partial charge in [0, 0.05) is 33.3 Å². The number of para-hydroxylation sites is 1. The van der Waals surface area contributed by atoms with Gasteiger partial charge in [0.05, 0.1) is 11.1 Å². The first kappa shape index (κ1) is 35.5. The number of hydrogen-bond acceptors (Lipinski definition) is 1. The molecule has 9 aromatic rings. The maximum absolute atomic E-state index is 2.64. The standard InChI is InChI=1S/C61H45N/c1-59(2)48-27-15-11-23-42(48)45-34-32-41(36-53(45)59)62(40-21-9-6-10-22-40)58-56-47-33-31-39(38-19-7-5-8-20-38)35-52(47)60(3,4)54(56)37-55-57(58)46-26-14-18-30-51(46)61(55)49-28-16-12-24-43(49)44-25-13-17-29-50(44)61/h5-37H,1-4H3. The van der Waals surface area contributed by atoms with Gasteiger partial charge in [0.1, 0.15) is 0 Å². The largest absolute Gasteiger partial charge is 0.309 e. The highest BCUT2D eigenvalue weighted by molar-refractivity contribution is 6.09. The molecule has 0 N–H and O–H groups in total. The molecule has 0 amide bonds. The van der Waals surface area contributed by atoms with E-state index in [-0.39, 0.29) is 10.8 Å². The lowest BCUT2D eigenvalue weighted by Gasteiger charge is -2.35. The van der Waals surface area contributed by atoms with Crippen molar-refractivity contribution in [2.45, 2.75) is 43.9 Å². The van der Waals surface area contributed by atoms with Crippen molar-refractivity contribution in [1.29, 1.82) is 0 Å². The lowest BCUT2D eigenvalue weighted by molar-refractivity contribution is 0.657. The van der Waals surface area contributed by atoms with Crippen LogP contribution < -0.4 is 4.90 Å². The molecule has 13 rings (SSSR count). The Morgan fingerprint density at radius 1 is 0.290 bits per heavy atom. The molecule has 1 nitrogen and oxygen atoms in total. The predicted molar refractivity (Wildman–Crippen MR) is 258 cm³/mol. The van der Waals surface area contributed by atoms with Crippen LogP contribution in [0.4, 0.5) is 17.1 Å². The van der Waals surface area contributed by atoms with E-state index in [1.54, 1.807) is 0 Å². The Labute approximate surface area is 364 Å². The maximum atomic E-state index is 2.64. The number of nitrogens with zero attached hydrogens (tertiary/aromatic N) is 1. The highest BCUT2D eigenvalue weighted by Gasteiger charge is 2.54. The summed E-state index contributed by atoms with van der Waals surface area (Å²) < 4.78 is 0. The zero-order valence-corrected chi connectivity index (χ0v) is 35.5. The van der Waals surface area contributed by atoms with Crippen molar-refractivity contribution in [3.05, 3.63) is 245 Å². The quantitative estimate of drug-likeness (QED) is 0.172. The Kier molecular flexibility index (Phi) is 7.12. The normalized spacial score (nSPS) is 15.5. The van der Waals surface area contributed by atoms with Crippen LogP contribution in [0.3, 0.4) is 0 Å². The third kappa shape index (κ3) is 4.43. The van der Waals surface area contributed by atoms with Gasteiger partial charge in [-0.15, -0.1) is 0 Å². The molecule has 0 bridgehead atoms. The molecule has 0 fully saturated rings. The molecule has 294 valence electrons. The molecule has 0 atom stereocenters. The second-order valence-corrected chi connectivity index (χ2v) is 18.8. The second-order valence-electron chi connectivity index (χ2n) is 18.8. The molecule has 0 heterocycles. The van der Waals surface area contributed by atoms with E-state index in [0.29, 0.717) is 0 Å². The van der Waals surface area contributed by atoms with Crippen LogP contribution in [0.2, 0.25) is 0 Å². The molecule has 1 spiro atoms. The molecule has 1 heteroatoms. The first-order valence-electron chi connectivity index (χ1n) is 22.1. The third-order valence-corrected chi connectivity index (χ3v) is 15.1. The van der Waals surface area contributed by atoms with Gasteiger partial charge in [-0.05, 0) is 119 Å². The Hall–Kier alpha value is -7.22. The monoisotopic (exact) mass is 791 g/mol. The van der Waals surface area contributed by atoms with Crippen molar-refractivity contribution in [3.8, 4) is 55.6 Å². The summed E-state index contributed by atoms with van der Waals surface area (Å²) in [6, 6.07) is 75.8. The van der Waals surface area contributed by atoms with Gasteiger partial charge in [0.25, 0.3) is 0 Å². The Morgan fingerprint density at radius 2 is 0.742 bits per heavy atom. The van der Waals surface area contributed by atoms with Crippen LogP contribution in [0, 0.1) is 0 Å². The van der Waals surface area contributed by atoms with Gasteiger partial charge < -0.3 is 4.90 Å². The van der Waals surface area contributed by atoms with Crippen molar-refractivity contribution in [2.24, 2.45) is 0 Å². The number of rotatable bonds is 4. The fourth-order valence-corrected chi connectivity index (χ4v) is 12.3. The molecule has 9 aromatic carbocycles. The van der Waals surface area contributed by atoms with Crippen LogP contribution in [0.25, 0.3) is 55.6 Å². The minimum absolute atomic E-state index is 0.152. The van der Waals surface area contributed by atoms with E-state index < -0.39 is 5.41 Å². The van der Waals surface area contributed by atoms with Crippen molar-refractivity contribution < 1.29 is 0 Å². The SMILES string of the molecule is CC1(C)c2ccccc2-c2ccc(N(c3ccccc3)c3c4c(cc5c3-c3ccccc3C53c5ccccc5-c5ccccc53)C(C)(C)c3cc(-c5ccccc5)ccc3-4)cc21. The van der Waals surface area contributed by atoms with Crippen LogP contribution in [-0.4, -0.2) is 0 Å². The summed E-state index contributed by atoms with van der Waals surface area (Å²) >= 11 is 0. The number of fused-ring (bicyclic) bond motifs is 16. The van der Waals surface area contributed by atoms with Gasteiger partial charge in [-0.3, -0.25) is 0 Å². The summed E-state index contributed by atoms with van der Waals surface area (Å²) in [7, 11) is 0. The number of benzene rings is 9. The van der Waals surface area contributed by atoms with Crippen LogP contribution in [0.15, 0.2) is 200 Å². The minimum atomic E-state index is -0.493. The highest BCUT2D eigenvalue weighted by atomic mass is 15.1. The van der Waals surface area contributed by atoms with E-state index in [9.17, 15) is 0 Å². The lowest BCUT2D eigenvalue weighted by atomic mass is 9.69. The molecule has 0 unspecified atom stereocenters. The summed E-state index contributed by atoms with van der Waals surface area (Å²) in [6.45, 7) is 9.69. The molecule has 0 saturated carbocycles. The third-order valence-electron chi connectivity index (χ3n) is 15.1. The van der Waals surface area contributed by atoms with Crippen molar-refractivity contribution in [3.63, 3.8) is 0 Å². The minimum Gasteiger partial charge on any atom is -0.309 e. The Bertz CT molecular complexity index is 3300. The van der Waals surface area contributed by atoms with Crippen LogP contribution in [-0.2, 0) is 16.2 Å². The van der Waals surface area contributed by atoms with Crippen molar-refractivity contribution in [1.82, 2.24) is 0 Å². The van der Waals surface area contributed by atoms with E-state index in [1.807, 2.05) is 0 Å². The van der Waals surface area contributed by atoms with E-state index in [0.717, 1.165) is 5.69 Å². The molecular formula is C61H45N. The van der Waals surface area contributed by atoms with Gasteiger partial charge in [-0.1, -0.05) is 198 Å². The zero-order chi connectivity index (χ0) is 41.5. The first-order chi connectivity index (χ1) is 30.3. The van der Waals surface area contributed by atoms with Crippen LogP contribution >= 0.6 is 0 Å². The molecule has 0 aliphatic heterocycles. The van der Waals surface area contributed by atoms with Crippen molar-refractivity contribution >= 4 is 17.1 Å². The highest BCUT2D eigenvalue weighted by Crippen LogP contribution is 2.68. The van der Waals surface area contributed by atoms with E-state index in [2.05, 4.69) is 233 Å². The smallest absolute Gasteiger partial charge is 0.0726 e. The van der Waals surface area contributed by atoms with Gasteiger partial charge in [0.2, 0.25) is 0 Å². The fourth-order valence-electron chi connectivity index (χ4n) is 12.3. The van der Waals surface area contributed by atoms with Gasteiger partial charge in [-0.2, -0.15) is 0 Å². The van der Waals surface area contributed by atoms with Crippen molar-refractivity contribution in [2.75, 3.05) is 4.90 Å². The van der Waals surface area contributed by atoms with E-state index >= 15 is 0 Å². The van der Waals surface area contributed by atoms with Gasteiger partial charge >= 0.3 is 0 Å². The number of hydrogen-bond donors (Lipinski definition) is 0. The van der Waals surface area contributed by atoms with Gasteiger partial charge in [0.15, 0.2) is 0 Å². The second kappa shape index (κ2) is 12.4. The molecule has 0 saturated heterocycles. The topological polar surface area (TPSA) is 3.24 Å². The summed E-state index contributed by atoms with van der Waals surface area (Å²) in [4.78, 5) is 2.62. The molecule has 4 aliphatic rings. The summed E-state index contributed by atoms with van der Waals surface area (Å²) in [5.41, 5.74) is 26.6. The molecule has 0 radical (unpaired) electrons. The molecule has 0 aromatic heterocycles. The maximum Gasteiger partial charge on any atom is 0.0726 e. The Balaban J connectivity index is 1.19. The average Bonchev–Trinajstić information content (AvgIpc) is 3.94. The predicted octanol–water partition coefficient (Wildman–Crippen LogP) is 15.8. The zero-order valence-electron chi connectivity index (χ0n) is 35.5. The fraction of sp³-hybridized carbons (Fsp3) is 0.115. The van der Waals surface area contributed by atoms with E-state index in [1.165, 1.54) is 112 Å². The summed E-state index contributed by atoms with van der Waals surface area (Å²) in [5.74, 6) is 0. The van der Waals surface area contributed by atoms with Crippen LogP contribution in [0.1, 0.15) is 72.2 Å². The molecule has 4 aliphatic carbocycles. The summed E-state index contributed by atoms with van der Waals surface area (Å²) in [5, 5.41) is 0. The molecular weight excluding hydrogens is 747 g/mol. The van der Waals surface area contributed by atoms with E-state index in [4.69, 9.17) is 0 Å². The average molecular weight is 792 g/mol. The molecule has 62 heavy (non-hydrogen) atoms. The number of anilines is 3. The first-order valence-corrected chi connectivity index (χ1v) is 22.1. The van der Waals surface area contributed by atoms with Gasteiger partial charge in [-0.25, -0.2) is 0 Å². The van der Waals surface area contributed by atoms with Crippen LogP contribution in [0.5, 0.6) is 0 Å². The summed E-state index contributed by atoms with van der Waals surface area (Å²) in [6.07, 6.45) is 0. The Morgan fingerprint density at radius 3 is 1.40 bits per heavy atom. The lowest BCUT2D eigenvalue weighted by Crippen LogP contribution is -2.27.